The van der Waals surface area contributed by atoms with Crippen molar-refractivity contribution < 1.29 is 4.74 Å². The number of nitrogens with one attached hydrogen (secondary N) is 2. The topological polar surface area (TPSA) is 84.9 Å². The van der Waals surface area contributed by atoms with Crippen LogP contribution in [0.3, 0.4) is 0 Å². The van der Waals surface area contributed by atoms with Crippen molar-refractivity contribution in [3.8, 4) is 5.75 Å². The normalized spacial score (nSPS) is 10.6. The standard InChI is InChI=1S/C20H18N6O/c1-27-17-10-3-2-6-15(17)12-22-20-25-18(13-23-26-20)24-16-9-4-7-14-8-5-11-21-19(14)16/h2-11,13H,12H2,1H3,(H2,22,24,25,26). The second-order valence-electron chi connectivity index (χ2n) is 5.84. The number of fused-ring (bicyclic) bond motifs is 1. The Kier molecular flexibility index (Phi) is 4.74. The van der Waals surface area contributed by atoms with Gasteiger partial charge in [-0.25, -0.2) is 0 Å². The van der Waals surface area contributed by atoms with E-state index >= 15 is 0 Å². The number of para-hydroxylation sites is 2. The van der Waals surface area contributed by atoms with Crippen molar-refractivity contribution in [2.24, 2.45) is 0 Å². The van der Waals surface area contributed by atoms with Gasteiger partial charge in [-0.1, -0.05) is 36.4 Å². The third-order valence-corrected chi connectivity index (χ3v) is 4.08. The van der Waals surface area contributed by atoms with Crippen LogP contribution in [0.5, 0.6) is 5.75 Å². The minimum atomic E-state index is 0.430. The Bertz CT molecular complexity index is 1060. The van der Waals surface area contributed by atoms with Crippen LogP contribution < -0.4 is 15.4 Å². The Morgan fingerprint density at radius 1 is 1.00 bits per heavy atom. The highest BCUT2D eigenvalue weighted by Crippen LogP contribution is 2.24. The third kappa shape index (κ3) is 3.77. The Morgan fingerprint density at radius 2 is 1.89 bits per heavy atom. The number of rotatable bonds is 6. The minimum Gasteiger partial charge on any atom is -0.496 e. The summed E-state index contributed by atoms with van der Waals surface area (Å²) in [6.07, 6.45) is 3.35. The fourth-order valence-corrected chi connectivity index (χ4v) is 2.81. The third-order valence-electron chi connectivity index (χ3n) is 4.08. The summed E-state index contributed by atoms with van der Waals surface area (Å²) in [6.45, 7) is 0.533. The zero-order valence-corrected chi connectivity index (χ0v) is 14.8. The smallest absolute Gasteiger partial charge is 0.244 e. The monoisotopic (exact) mass is 358 g/mol. The number of aromatic nitrogens is 4. The van der Waals surface area contributed by atoms with E-state index in [1.165, 1.54) is 0 Å². The van der Waals surface area contributed by atoms with E-state index in [1.807, 2.05) is 54.6 Å². The Balaban J connectivity index is 1.52. The van der Waals surface area contributed by atoms with Gasteiger partial charge >= 0.3 is 0 Å². The van der Waals surface area contributed by atoms with Gasteiger partial charge in [-0.05, 0) is 18.2 Å². The lowest BCUT2D eigenvalue weighted by Crippen LogP contribution is -2.07. The molecule has 7 heteroatoms. The predicted molar refractivity (Wildman–Crippen MR) is 105 cm³/mol. The molecule has 27 heavy (non-hydrogen) atoms. The van der Waals surface area contributed by atoms with E-state index in [4.69, 9.17) is 4.74 Å². The van der Waals surface area contributed by atoms with Crippen molar-refractivity contribution in [3.05, 3.63) is 72.6 Å². The number of nitrogens with zero attached hydrogens (tertiary/aromatic N) is 4. The Hall–Kier alpha value is -3.74. The van der Waals surface area contributed by atoms with E-state index in [-0.39, 0.29) is 0 Å². The number of hydrogen-bond donors (Lipinski definition) is 2. The molecule has 0 radical (unpaired) electrons. The zero-order chi connectivity index (χ0) is 18.5. The molecule has 2 N–H and O–H groups in total. The highest BCUT2D eigenvalue weighted by molar-refractivity contribution is 5.91. The molecule has 2 heterocycles. The van der Waals surface area contributed by atoms with Crippen molar-refractivity contribution in [2.75, 3.05) is 17.7 Å². The van der Waals surface area contributed by atoms with Gasteiger partial charge in [-0.15, -0.1) is 5.10 Å². The van der Waals surface area contributed by atoms with Crippen LogP contribution in [0.1, 0.15) is 5.56 Å². The maximum Gasteiger partial charge on any atom is 0.244 e. The number of pyridine rings is 1. The molecule has 0 spiro atoms. The van der Waals surface area contributed by atoms with Crippen LogP contribution in [0, 0.1) is 0 Å². The van der Waals surface area contributed by atoms with Gasteiger partial charge in [0.25, 0.3) is 0 Å². The number of methoxy groups -OCH3 is 1. The molecular weight excluding hydrogens is 340 g/mol. The summed E-state index contributed by atoms with van der Waals surface area (Å²) in [5.74, 6) is 1.83. The molecule has 0 saturated carbocycles. The fraction of sp³-hybridized carbons (Fsp3) is 0.100. The molecule has 0 unspecified atom stereocenters. The number of benzene rings is 2. The van der Waals surface area contributed by atoms with E-state index in [2.05, 4.69) is 30.8 Å². The number of hydrogen-bond acceptors (Lipinski definition) is 7. The summed E-state index contributed by atoms with van der Waals surface area (Å²) in [5, 5.41) is 15.6. The van der Waals surface area contributed by atoms with E-state index in [9.17, 15) is 0 Å². The van der Waals surface area contributed by atoms with Gasteiger partial charge < -0.3 is 15.4 Å². The van der Waals surface area contributed by atoms with Crippen LogP contribution in [0.4, 0.5) is 17.5 Å². The second kappa shape index (κ2) is 7.65. The van der Waals surface area contributed by atoms with Gasteiger partial charge in [0.05, 0.1) is 24.5 Å². The van der Waals surface area contributed by atoms with Crippen molar-refractivity contribution in [1.29, 1.82) is 0 Å². The first kappa shape index (κ1) is 16.7. The molecule has 2 aromatic heterocycles. The van der Waals surface area contributed by atoms with Crippen molar-refractivity contribution in [2.45, 2.75) is 6.54 Å². The molecule has 4 aromatic rings. The van der Waals surface area contributed by atoms with Crippen molar-refractivity contribution in [1.82, 2.24) is 20.2 Å². The van der Waals surface area contributed by atoms with Crippen LogP contribution in [0.25, 0.3) is 10.9 Å². The Labute approximate surface area is 156 Å². The molecule has 0 amide bonds. The van der Waals surface area contributed by atoms with Gasteiger partial charge in [0, 0.05) is 23.7 Å². The molecule has 0 aliphatic carbocycles. The van der Waals surface area contributed by atoms with Gasteiger partial charge in [-0.2, -0.15) is 10.1 Å². The molecule has 134 valence electrons. The number of ether oxygens (including phenoxy) is 1. The van der Waals surface area contributed by atoms with Crippen LogP contribution in [0.15, 0.2) is 67.0 Å². The van der Waals surface area contributed by atoms with E-state index in [0.717, 1.165) is 27.9 Å². The summed E-state index contributed by atoms with van der Waals surface area (Å²) in [6, 6.07) is 17.7. The Morgan fingerprint density at radius 3 is 2.81 bits per heavy atom. The fourth-order valence-electron chi connectivity index (χ4n) is 2.81. The van der Waals surface area contributed by atoms with Crippen molar-refractivity contribution >= 4 is 28.4 Å². The van der Waals surface area contributed by atoms with Gasteiger partial charge in [0.15, 0.2) is 5.82 Å². The van der Waals surface area contributed by atoms with Gasteiger partial charge in [-0.3, -0.25) is 4.98 Å². The quantitative estimate of drug-likeness (QED) is 0.542. The average molecular weight is 358 g/mol. The van der Waals surface area contributed by atoms with E-state index in [1.54, 1.807) is 19.5 Å². The summed E-state index contributed by atoms with van der Waals surface area (Å²) >= 11 is 0. The highest BCUT2D eigenvalue weighted by atomic mass is 16.5. The summed E-state index contributed by atoms with van der Waals surface area (Å²) in [7, 11) is 1.65. The molecule has 7 nitrogen and oxygen atoms in total. The maximum absolute atomic E-state index is 5.36. The zero-order valence-electron chi connectivity index (χ0n) is 14.8. The molecule has 0 atom stereocenters. The highest BCUT2D eigenvalue weighted by Gasteiger charge is 2.06. The summed E-state index contributed by atoms with van der Waals surface area (Å²) in [5.41, 5.74) is 2.76. The van der Waals surface area contributed by atoms with Gasteiger partial charge in [0.2, 0.25) is 5.95 Å². The largest absolute Gasteiger partial charge is 0.496 e. The first-order valence-corrected chi connectivity index (χ1v) is 8.50. The lowest BCUT2D eigenvalue weighted by Gasteiger charge is -2.11. The number of anilines is 3. The molecule has 0 bridgehead atoms. The predicted octanol–water partition coefficient (Wildman–Crippen LogP) is 3.78. The minimum absolute atomic E-state index is 0.430. The summed E-state index contributed by atoms with van der Waals surface area (Å²) in [4.78, 5) is 8.92. The molecule has 0 saturated heterocycles. The lowest BCUT2D eigenvalue weighted by atomic mass is 10.2. The first-order valence-electron chi connectivity index (χ1n) is 8.50. The summed E-state index contributed by atoms with van der Waals surface area (Å²) < 4.78 is 5.36. The van der Waals surface area contributed by atoms with Gasteiger partial charge in [0.1, 0.15) is 5.75 Å². The first-order chi connectivity index (χ1) is 13.3. The SMILES string of the molecule is COc1ccccc1CNc1nncc(Nc2cccc3cccnc23)n1. The van der Waals surface area contributed by atoms with Crippen molar-refractivity contribution in [3.63, 3.8) is 0 Å². The van der Waals surface area contributed by atoms with Crippen LogP contribution >= 0.6 is 0 Å². The molecule has 0 fully saturated rings. The lowest BCUT2D eigenvalue weighted by molar-refractivity contribution is 0.410. The molecule has 0 aliphatic heterocycles. The van der Waals surface area contributed by atoms with E-state index in [0.29, 0.717) is 18.3 Å². The molecule has 0 aliphatic rings. The maximum atomic E-state index is 5.36. The van der Waals surface area contributed by atoms with E-state index < -0.39 is 0 Å². The molecular formula is C20H18N6O. The second-order valence-corrected chi connectivity index (χ2v) is 5.84. The average Bonchev–Trinajstić information content (AvgIpc) is 2.73. The van der Waals surface area contributed by atoms with Crippen LogP contribution in [-0.4, -0.2) is 27.3 Å². The molecule has 2 aromatic carbocycles. The molecule has 4 rings (SSSR count). The van der Waals surface area contributed by atoms with Crippen LogP contribution in [0.2, 0.25) is 0 Å². The van der Waals surface area contributed by atoms with Crippen LogP contribution in [-0.2, 0) is 6.54 Å².